The highest BCUT2D eigenvalue weighted by Gasteiger charge is 2.48. The zero-order valence-corrected chi connectivity index (χ0v) is 20.3. The van der Waals surface area contributed by atoms with Crippen LogP contribution in [0, 0.1) is 5.41 Å². The van der Waals surface area contributed by atoms with Crippen LogP contribution in [0.15, 0.2) is 22.8 Å². The maximum absolute atomic E-state index is 15.9. The Morgan fingerprint density at radius 2 is 1.90 bits per heavy atom. The van der Waals surface area contributed by atoms with E-state index in [0.29, 0.717) is 18.7 Å². The van der Waals surface area contributed by atoms with Crippen molar-refractivity contribution < 1.29 is 18.7 Å². The molecule has 0 bridgehead atoms. The van der Waals surface area contributed by atoms with Crippen molar-refractivity contribution in [1.29, 1.82) is 0 Å². The first-order valence-electron chi connectivity index (χ1n) is 10.2. The van der Waals surface area contributed by atoms with Crippen molar-refractivity contribution in [3.05, 3.63) is 22.8 Å². The molecule has 166 valence electrons. The van der Waals surface area contributed by atoms with Crippen molar-refractivity contribution in [3.63, 3.8) is 0 Å². The lowest BCUT2D eigenvalue weighted by Crippen LogP contribution is -2.59. The second kappa shape index (κ2) is 8.02. The third-order valence-electron chi connectivity index (χ3n) is 5.32. The molecule has 1 aromatic heterocycles. The Morgan fingerprint density at radius 1 is 1.23 bits per heavy atom. The van der Waals surface area contributed by atoms with E-state index in [-0.39, 0.29) is 0 Å². The van der Waals surface area contributed by atoms with E-state index in [1.165, 1.54) is 0 Å². The second-order valence-corrected chi connectivity index (χ2v) is 10.8. The molecule has 3 rings (SSSR count). The van der Waals surface area contributed by atoms with Crippen molar-refractivity contribution in [2.45, 2.75) is 71.8 Å². The van der Waals surface area contributed by atoms with Gasteiger partial charge in [0.2, 0.25) is 0 Å². The summed E-state index contributed by atoms with van der Waals surface area (Å²) in [5.41, 5.74) is -0.355. The fourth-order valence-corrected chi connectivity index (χ4v) is 4.59. The van der Waals surface area contributed by atoms with E-state index in [2.05, 4.69) is 21.0 Å². The van der Waals surface area contributed by atoms with Gasteiger partial charge in [0.05, 0.1) is 29.2 Å². The zero-order chi connectivity index (χ0) is 22.4. The number of aromatic nitrogens is 2. The molecule has 0 saturated carbocycles. The Kier molecular flexibility index (Phi) is 6.11. The van der Waals surface area contributed by atoms with Gasteiger partial charge in [0, 0.05) is 24.2 Å². The molecule has 0 spiro atoms. The molecule has 6 nitrogen and oxygen atoms in total. The quantitative estimate of drug-likeness (QED) is 0.546. The first-order chi connectivity index (χ1) is 13.8. The Hall–Kier alpha value is -1.83. The summed E-state index contributed by atoms with van der Waals surface area (Å²) < 4.78 is 29.4. The van der Waals surface area contributed by atoms with Crippen LogP contribution in [0.1, 0.15) is 54.0 Å². The Morgan fingerprint density at radius 3 is 2.47 bits per heavy atom. The molecule has 0 N–H and O–H groups in total. The number of carbonyl (C=O) groups is 1. The number of benzene rings is 1. The lowest BCUT2D eigenvalue weighted by molar-refractivity contribution is -0.0480. The summed E-state index contributed by atoms with van der Waals surface area (Å²) in [6.07, 6.45) is 0.563. The summed E-state index contributed by atoms with van der Waals surface area (Å²) in [6, 6.07) is 2.66. The average Bonchev–Trinajstić information content (AvgIpc) is 3.00. The lowest BCUT2D eigenvalue weighted by Gasteiger charge is -2.47. The van der Waals surface area contributed by atoms with E-state index in [0.717, 1.165) is 15.4 Å². The number of alkyl halides is 1. The molecule has 2 aromatic rings. The molecule has 1 unspecified atom stereocenters. The van der Waals surface area contributed by atoms with E-state index in [4.69, 9.17) is 9.47 Å². The molecular weight excluding hydrogens is 453 g/mol. The van der Waals surface area contributed by atoms with Gasteiger partial charge in [-0.2, -0.15) is 5.10 Å². The van der Waals surface area contributed by atoms with Gasteiger partial charge in [-0.3, -0.25) is 4.68 Å². The molecule has 8 heteroatoms. The predicted octanol–water partition coefficient (Wildman–Crippen LogP) is 5.74. The molecule has 2 heterocycles. The number of nitrogens with zero attached hydrogens (tertiary/aromatic N) is 3. The molecule has 1 saturated heterocycles. The maximum atomic E-state index is 15.9. The second-order valence-electron chi connectivity index (χ2n) is 9.94. The molecule has 1 fully saturated rings. The SMILES string of the molecule is COc1cc2nn([C@H]3CCN(C(=O)OC(C)(C)C)C(C(C)(C)C)[C@@H]3F)cc2cc1Br. The van der Waals surface area contributed by atoms with Crippen LogP contribution < -0.4 is 4.74 Å². The standard InChI is InChI=1S/C22H31BrFN3O3/c1-21(2,3)19-18(24)16(8-9-26(19)20(28)30-22(4,5)6)27-12-13-10-14(23)17(29-7)11-15(13)25-27/h10-12,16,18-19H,8-9H2,1-7H3/t16-,18+,19?/m0/s1. The minimum Gasteiger partial charge on any atom is -0.495 e. The smallest absolute Gasteiger partial charge is 0.410 e. The number of piperidine rings is 1. The van der Waals surface area contributed by atoms with Crippen LogP contribution in [0.3, 0.4) is 0 Å². The highest BCUT2D eigenvalue weighted by molar-refractivity contribution is 9.10. The van der Waals surface area contributed by atoms with Gasteiger partial charge in [0.1, 0.15) is 17.5 Å². The lowest BCUT2D eigenvalue weighted by atomic mass is 9.78. The molecule has 30 heavy (non-hydrogen) atoms. The highest BCUT2D eigenvalue weighted by Crippen LogP contribution is 2.40. The van der Waals surface area contributed by atoms with Gasteiger partial charge in [0.25, 0.3) is 0 Å². The first kappa shape index (κ1) is 22.8. The summed E-state index contributed by atoms with van der Waals surface area (Å²) in [5.74, 6) is 0.678. The van der Waals surface area contributed by atoms with Crippen LogP contribution in [-0.4, -0.2) is 52.2 Å². The summed E-state index contributed by atoms with van der Waals surface area (Å²) in [7, 11) is 1.60. The van der Waals surface area contributed by atoms with Crippen molar-refractivity contribution in [2.75, 3.05) is 13.7 Å². The predicted molar refractivity (Wildman–Crippen MR) is 119 cm³/mol. The number of hydrogen-bond donors (Lipinski definition) is 0. The first-order valence-corrected chi connectivity index (χ1v) is 11.0. The monoisotopic (exact) mass is 483 g/mol. The summed E-state index contributed by atoms with van der Waals surface area (Å²) in [6.45, 7) is 11.7. The maximum Gasteiger partial charge on any atom is 0.410 e. The fourth-order valence-electron chi connectivity index (χ4n) is 4.07. The summed E-state index contributed by atoms with van der Waals surface area (Å²) in [5, 5.41) is 5.52. The molecule has 1 aromatic carbocycles. The minimum atomic E-state index is -1.29. The van der Waals surface area contributed by atoms with Crippen molar-refractivity contribution in [1.82, 2.24) is 14.7 Å². The van der Waals surface area contributed by atoms with Gasteiger partial charge in [-0.15, -0.1) is 0 Å². The van der Waals surface area contributed by atoms with Gasteiger partial charge in [-0.1, -0.05) is 20.8 Å². The van der Waals surface area contributed by atoms with Crippen LogP contribution in [0.5, 0.6) is 5.75 Å². The molecule has 1 aliphatic heterocycles. The minimum absolute atomic E-state index is 0.408. The number of ether oxygens (including phenoxy) is 2. The van der Waals surface area contributed by atoms with Crippen LogP contribution in [0.4, 0.5) is 9.18 Å². The number of rotatable bonds is 2. The van der Waals surface area contributed by atoms with E-state index < -0.39 is 35.4 Å². The summed E-state index contributed by atoms with van der Waals surface area (Å²) in [4.78, 5) is 14.4. The largest absolute Gasteiger partial charge is 0.495 e. The van der Waals surface area contributed by atoms with E-state index >= 15 is 4.39 Å². The van der Waals surface area contributed by atoms with Gasteiger partial charge in [-0.05, 0) is 54.6 Å². The normalized spacial score (nSPS) is 23.0. The van der Waals surface area contributed by atoms with Crippen molar-refractivity contribution in [3.8, 4) is 5.75 Å². The number of amides is 1. The molecule has 3 atom stereocenters. The molecule has 0 radical (unpaired) electrons. The number of hydrogen-bond acceptors (Lipinski definition) is 4. The highest BCUT2D eigenvalue weighted by atomic mass is 79.9. The zero-order valence-electron chi connectivity index (χ0n) is 18.7. The number of fused-ring (bicyclic) bond motifs is 1. The van der Waals surface area contributed by atoms with Crippen LogP contribution >= 0.6 is 15.9 Å². The Labute approximate surface area is 185 Å². The Balaban J connectivity index is 1.93. The van der Waals surface area contributed by atoms with Crippen LogP contribution in [0.25, 0.3) is 10.9 Å². The van der Waals surface area contributed by atoms with Crippen LogP contribution in [0.2, 0.25) is 0 Å². The van der Waals surface area contributed by atoms with Gasteiger partial charge in [0.15, 0.2) is 0 Å². The number of halogens is 2. The third kappa shape index (κ3) is 4.58. The molecular formula is C22H31BrFN3O3. The number of likely N-dealkylation sites (tertiary alicyclic amines) is 1. The topological polar surface area (TPSA) is 56.6 Å². The third-order valence-corrected chi connectivity index (χ3v) is 5.94. The number of carbonyl (C=O) groups excluding carboxylic acids is 1. The van der Waals surface area contributed by atoms with E-state index in [9.17, 15) is 4.79 Å². The molecule has 1 aliphatic rings. The average molecular weight is 484 g/mol. The van der Waals surface area contributed by atoms with Crippen LogP contribution in [-0.2, 0) is 4.74 Å². The van der Waals surface area contributed by atoms with E-state index in [1.54, 1.807) is 16.7 Å². The molecule has 0 aliphatic carbocycles. The van der Waals surface area contributed by atoms with Gasteiger partial charge < -0.3 is 14.4 Å². The number of methoxy groups -OCH3 is 1. The van der Waals surface area contributed by atoms with Crippen molar-refractivity contribution in [2.24, 2.45) is 5.41 Å². The van der Waals surface area contributed by atoms with Crippen molar-refractivity contribution >= 4 is 32.9 Å². The Bertz CT molecular complexity index is 932. The van der Waals surface area contributed by atoms with Gasteiger partial charge >= 0.3 is 6.09 Å². The van der Waals surface area contributed by atoms with Gasteiger partial charge in [-0.25, -0.2) is 9.18 Å². The van der Waals surface area contributed by atoms with E-state index in [1.807, 2.05) is 59.9 Å². The summed E-state index contributed by atoms with van der Waals surface area (Å²) >= 11 is 3.48. The molecule has 1 amide bonds. The fraction of sp³-hybridized carbons (Fsp3) is 0.636.